The van der Waals surface area contributed by atoms with Crippen LogP contribution >= 0.6 is 0 Å². The molecule has 2 N–H and O–H groups in total. The maximum Gasteiger partial charge on any atom is 0.0721 e. The van der Waals surface area contributed by atoms with Gasteiger partial charge in [0.2, 0.25) is 0 Å². The van der Waals surface area contributed by atoms with Gasteiger partial charge in [-0.15, -0.1) is 0 Å². The van der Waals surface area contributed by atoms with Crippen LogP contribution in [0.4, 0.5) is 0 Å². The van der Waals surface area contributed by atoms with Crippen molar-refractivity contribution in [3.05, 3.63) is 23.8 Å². The van der Waals surface area contributed by atoms with Crippen LogP contribution < -0.4 is 0 Å². The maximum absolute atomic E-state index is 10.5. The summed E-state index contributed by atoms with van der Waals surface area (Å²) in [7, 11) is 4.28. The number of hydrogen-bond acceptors (Lipinski definition) is 3. The highest BCUT2D eigenvalue weighted by Gasteiger charge is 2.43. The number of aliphatic hydroxyl groups is 2. The molecule has 1 fully saturated rings. The smallest absolute Gasteiger partial charge is 0.0721 e. The van der Waals surface area contributed by atoms with Crippen LogP contribution in [-0.2, 0) is 0 Å². The van der Waals surface area contributed by atoms with Gasteiger partial charge >= 0.3 is 0 Å². The topological polar surface area (TPSA) is 43.7 Å². The van der Waals surface area contributed by atoms with Crippen molar-refractivity contribution >= 4 is 0 Å². The summed E-state index contributed by atoms with van der Waals surface area (Å²) < 4.78 is 0. The Kier molecular flexibility index (Phi) is 10.1. The Morgan fingerprint density at radius 2 is 1.93 bits per heavy atom. The third-order valence-electron chi connectivity index (χ3n) is 6.46. The molecule has 0 aliphatic heterocycles. The molecule has 0 spiro atoms. The largest absolute Gasteiger partial charge is 0.392 e. The van der Waals surface area contributed by atoms with Gasteiger partial charge in [0.1, 0.15) is 0 Å². The molecule has 0 radical (unpaired) electrons. The summed E-state index contributed by atoms with van der Waals surface area (Å²) in [5.74, 6) is 1.33. The van der Waals surface area contributed by atoms with Crippen LogP contribution in [0.3, 0.4) is 0 Å². The first kappa shape index (κ1) is 22.6. The predicted molar refractivity (Wildman–Crippen MR) is 115 cm³/mol. The van der Waals surface area contributed by atoms with E-state index in [0.29, 0.717) is 11.8 Å². The number of aliphatic hydroxyl groups excluding tert-OH is 2. The zero-order valence-corrected chi connectivity index (χ0v) is 17.9. The van der Waals surface area contributed by atoms with Crippen LogP contribution in [0.25, 0.3) is 0 Å². The molecular weight excluding hydrogens is 334 g/mol. The molecule has 0 bridgehead atoms. The van der Waals surface area contributed by atoms with Crippen molar-refractivity contribution in [1.29, 1.82) is 0 Å². The molecule has 1 saturated carbocycles. The van der Waals surface area contributed by atoms with Crippen LogP contribution in [0.2, 0.25) is 0 Å². The fraction of sp³-hybridized carbons (Fsp3) is 0.833. The van der Waals surface area contributed by atoms with Crippen molar-refractivity contribution in [3.8, 4) is 0 Å². The first-order chi connectivity index (χ1) is 13.0. The van der Waals surface area contributed by atoms with E-state index in [1.807, 2.05) is 6.08 Å². The summed E-state index contributed by atoms with van der Waals surface area (Å²) in [5.41, 5.74) is 1.61. The lowest BCUT2D eigenvalue weighted by Gasteiger charge is -2.19. The lowest BCUT2D eigenvalue weighted by molar-refractivity contribution is 0.139. The first-order valence-electron chi connectivity index (χ1n) is 11.4. The maximum atomic E-state index is 10.5. The predicted octanol–water partition coefficient (Wildman–Crippen LogP) is 4.94. The molecule has 2 aliphatic rings. The average Bonchev–Trinajstić information content (AvgIpc) is 3.13. The monoisotopic (exact) mass is 377 g/mol. The lowest BCUT2D eigenvalue weighted by Crippen LogP contribution is -2.18. The highest BCUT2D eigenvalue weighted by Crippen LogP contribution is 2.48. The first-order valence-corrected chi connectivity index (χ1v) is 11.4. The SMILES string of the molecule is CCCCCC[C@H](O)C=C[C@@H]1[C@H]2CC(CCCCCN(C)C)=C[C@H]2C[C@H]1O. The number of nitrogens with zero attached hydrogens (tertiary/aromatic N) is 1. The van der Waals surface area contributed by atoms with Gasteiger partial charge in [0.25, 0.3) is 0 Å². The van der Waals surface area contributed by atoms with E-state index in [0.717, 1.165) is 25.7 Å². The van der Waals surface area contributed by atoms with Crippen molar-refractivity contribution in [2.75, 3.05) is 20.6 Å². The third kappa shape index (κ3) is 7.71. The normalized spacial score (nSPS) is 28.9. The van der Waals surface area contributed by atoms with Gasteiger partial charge in [-0.3, -0.25) is 0 Å². The molecule has 0 unspecified atom stereocenters. The molecule has 3 heteroatoms. The van der Waals surface area contributed by atoms with Crippen LogP contribution in [0.5, 0.6) is 0 Å². The van der Waals surface area contributed by atoms with Gasteiger partial charge in [0.05, 0.1) is 12.2 Å². The number of rotatable bonds is 13. The fourth-order valence-electron chi connectivity index (χ4n) is 4.88. The molecule has 2 rings (SSSR count). The lowest BCUT2D eigenvalue weighted by atomic mass is 9.88. The van der Waals surface area contributed by atoms with Gasteiger partial charge in [-0.25, -0.2) is 0 Å². The Bertz CT molecular complexity index is 471. The molecule has 0 aromatic rings. The highest BCUT2D eigenvalue weighted by atomic mass is 16.3. The number of fused-ring (bicyclic) bond motifs is 1. The van der Waals surface area contributed by atoms with Gasteiger partial charge in [0.15, 0.2) is 0 Å². The van der Waals surface area contributed by atoms with Crippen molar-refractivity contribution in [3.63, 3.8) is 0 Å². The van der Waals surface area contributed by atoms with Gasteiger partial charge in [0, 0.05) is 5.92 Å². The van der Waals surface area contributed by atoms with Crippen molar-refractivity contribution < 1.29 is 10.2 Å². The summed E-state index contributed by atoms with van der Waals surface area (Å²) in [5, 5.41) is 20.7. The molecule has 0 aromatic heterocycles. The minimum atomic E-state index is -0.348. The summed E-state index contributed by atoms with van der Waals surface area (Å²) in [6, 6.07) is 0. The van der Waals surface area contributed by atoms with E-state index in [1.54, 1.807) is 5.57 Å². The summed E-state index contributed by atoms with van der Waals surface area (Å²) in [6.45, 7) is 3.39. The second-order valence-electron chi connectivity index (χ2n) is 9.15. The van der Waals surface area contributed by atoms with Crippen molar-refractivity contribution in [1.82, 2.24) is 4.90 Å². The van der Waals surface area contributed by atoms with Crippen LogP contribution in [-0.4, -0.2) is 48.0 Å². The summed E-state index contributed by atoms with van der Waals surface area (Å²) >= 11 is 0. The standard InChI is InChI=1S/C24H43NO2/c1-4-5-6-9-12-21(26)13-14-22-23-17-19(16-20(23)18-24(22)27)11-8-7-10-15-25(2)3/h13-14,16,20-24,26-27H,4-12,15,17-18H2,1-3H3/t20-,21-,22+,23-,24+/m0/s1. The number of allylic oxidation sites excluding steroid dienone is 2. The number of hydrogen-bond donors (Lipinski definition) is 2. The van der Waals surface area contributed by atoms with E-state index in [4.69, 9.17) is 0 Å². The van der Waals surface area contributed by atoms with E-state index >= 15 is 0 Å². The Morgan fingerprint density at radius 1 is 1.15 bits per heavy atom. The Hall–Kier alpha value is -0.640. The highest BCUT2D eigenvalue weighted by molar-refractivity contribution is 5.20. The van der Waals surface area contributed by atoms with E-state index in [9.17, 15) is 10.2 Å². The fourth-order valence-corrected chi connectivity index (χ4v) is 4.88. The molecule has 0 amide bonds. The zero-order valence-electron chi connectivity index (χ0n) is 17.9. The molecule has 0 saturated heterocycles. The molecule has 5 atom stereocenters. The molecular formula is C24H43NO2. The van der Waals surface area contributed by atoms with E-state index < -0.39 is 0 Å². The third-order valence-corrected chi connectivity index (χ3v) is 6.46. The zero-order chi connectivity index (χ0) is 19.6. The van der Waals surface area contributed by atoms with Gasteiger partial charge in [-0.05, 0) is 71.0 Å². The molecule has 156 valence electrons. The second kappa shape index (κ2) is 12.0. The average molecular weight is 378 g/mol. The molecule has 0 aromatic carbocycles. The van der Waals surface area contributed by atoms with E-state index in [-0.39, 0.29) is 18.1 Å². The Labute approximate surface area is 167 Å². The second-order valence-corrected chi connectivity index (χ2v) is 9.15. The van der Waals surface area contributed by atoms with Crippen LogP contribution in [0.15, 0.2) is 23.8 Å². The van der Waals surface area contributed by atoms with E-state index in [2.05, 4.69) is 38.1 Å². The molecule has 3 nitrogen and oxygen atoms in total. The minimum Gasteiger partial charge on any atom is -0.392 e. The van der Waals surface area contributed by atoms with Crippen molar-refractivity contribution in [2.24, 2.45) is 17.8 Å². The van der Waals surface area contributed by atoms with Gasteiger partial charge < -0.3 is 15.1 Å². The summed E-state index contributed by atoms with van der Waals surface area (Å²) in [6.07, 6.45) is 18.8. The van der Waals surface area contributed by atoms with Gasteiger partial charge in [-0.2, -0.15) is 0 Å². The van der Waals surface area contributed by atoms with Crippen molar-refractivity contribution in [2.45, 2.75) is 89.8 Å². The quantitative estimate of drug-likeness (QED) is 0.353. The molecule has 2 aliphatic carbocycles. The Balaban J connectivity index is 1.72. The number of unbranched alkanes of at least 4 members (excludes halogenated alkanes) is 5. The van der Waals surface area contributed by atoms with Gasteiger partial charge in [-0.1, -0.05) is 62.8 Å². The molecule has 27 heavy (non-hydrogen) atoms. The van der Waals surface area contributed by atoms with Crippen LogP contribution in [0, 0.1) is 17.8 Å². The summed E-state index contributed by atoms with van der Waals surface area (Å²) in [4.78, 5) is 2.26. The Morgan fingerprint density at radius 3 is 2.67 bits per heavy atom. The molecule has 0 heterocycles. The minimum absolute atomic E-state index is 0.225. The van der Waals surface area contributed by atoms with Crippen LogP contribution in [0.1, 0.15) is 77.6 Å². The van der Waals surface area contributed by atoms with E-state index in [1.165, 1.54) is 51.5 Å².